The summed E-state index contributed by atoms with van der Waals surface area (Å²) in [4.78, 5) is 0. The van der Waals surface area contributed by atoms with Gasteiger partial charge in [0.15, 0.2) is 0 Å². The Hall–Kier alpha value is -0.840. The highest BCUT2D eigenvalue weighted by atomic mass is 79.9. The molecule has 1 N–H and O–H groups in total. The summed E-state index contributed by atoms with van der Waals surface area (Å²) in [5, 5.41) is 4.49. The van der Waals surface area contributed by atoms with Gasteiger partial charge in [0.05, 0.1) is 5.60 Å². The lowest BCUT2D eigenvalue weighted by Gasteiger charge is -2.35. The van der Waals surface area contributed by atoms with Gasteiger partial charge in [-0.25, -0.2) is 0 Å². The van der Waals surface area contributed by atoms with Crippen molar-refractivity contribution in [1.29, 1.82) is 0 Å². The third-order valence-corrected chi connectivity index (χ3v) is 3.65. The number of furan rings is 1. The topological polar surface area (TPSA) is 34.4 Å². The summed E-state index contributed by atoms with van der Waals surface area (Å²) in [7, 11) is 0. The zero-order valence-electron chi connectivity index (χ0n) is 10.5. The molecule has 4 heteroatoms. The lowest BCUT2D eigenvalue weighted by Crippen LogP contribution is -2.46. The van der Waals surface area contributed by atoms with E-state index in [4.69, 9.17) is 9.15 Å². The van der Waals surface area contributed by atoms with Crippen LogP contribution in [0.4, 0.5) is 0 Å². The molecule has 1 unspecified atom stereocenters. The Balaban J connectivity index is 1.94. The standard InChI is InChI=1S/C14H16BrNO2/c1-14(2)8-16-7-13(18-14)12-6-9-5-10(15)3-4-11(9)17-12/h3-6,13,16H,7-8H2,1-2H3. The Bertz CT molecular complexity index is 576. The van der Waals surface area contributed by atoms with Gasteiger partial charge < -0.3 is 14.5 Å². The molecule has 0 radical (unpaired) electrons. The smallest absolute Gasteiger partial charge is 0.135 e. The van der Waals surface area contributed by atoms with Crippen molar-refractivity contribution in [3.05, 3.63) is 34.5 Å². The van der Waals surface area contributed by atoms with Crippen LogP contribution in [0, 0.1) is 0 Å². The molecule has 0 bridgehead atoms. The van der Waals surface area contributed by atoms with Crippen molar-refractivity contribution in [2.24, 2.45) is 0 Å². The van der Waals surface area contributed by atoms with E-state index in [1.165, 1.54) is 0 Å². The maximum absolute atomic E-state index is 6.05. The van der Waals surface area contributed by atoms with Gasteiger partial charge in [-0.1, -0.05) is 15.9 Å². The van der Waals surface area contributed by atoms with Crippen molar-refractivity contribution in [1.82, 2.24) is 5.32 Å². The van der Waals surface area contributed by atoms with Gasteiger partial charge >= 0.3 is 0 Å². The van der Waals surface area contributed by atoms with Gasteiger partial charge in [0, 0.05) is 22.9 Å². The van der Waals surface area contributed by atoms with Gasteiger partial charge in [-0.3, -0.25) is 0 Å². The summed E-state index contributed by atoms with van der Waals surface area (Å²) < 4.78 is 13.0. The van der Waals surface area contributed by atoms with Crippen LogP contribution in [0.15, 0.2) is 33.2 Å². The first-order valence-electron chi connectivity index (χ1n) is 6.11. The third kappa shape index (κ3) is 2.32. The Morgan fingerprint density at radius 1 is 1.33 bits per heavy atom. The van der Waals surface area contributed by atoms with Gasteiger partial charge in [-0.15, -0.1) is 0 Å². The highest BCUT2D eigenvalue weighted by Crippen LogP contribution is 2.31. The predicted molar refractivity (Wildman–Crippen MR) is 74.7 cm³/mol. The van der Waals surface area contributed by atoms with Crippen LogP contribution in [0.5, 0.6) is 0 Å². The summed E-state index contributed by atoms with van der Waals surface area (Å²) in [5.41, 5.74) is 0.753. The first-order chi connectivity index (χ1) is 8.53. The van der Waals surface area contributed by atoms with Crippen LogP contribution in [0.1, 0.15) is 25.7 Å². The van der Waals surface area contributed by atoms with Crippen LogP contribution in [-0.2, 0) is 4.74 Å². The van der Waals surface area contributed by atoms with Gasteiger partial charge in [0.1, 0.15) is 17.4 Å². The van der Waals surface area contributed by atoms with E-state index in [-0.39, 0.29) is 11.7 Å². The molecule has 1 aliphatic heterocycles. The van der Waals surface area contributed by atoms with Gasteiger partial charge in [0.2, 0.25) is 0 Å². The third-order valence-electron chi connectivity index (χ3n) is 3.16. The van der Waals surface area contributed by atoms with E-state index in [1.54, 1.807) is 0 Å². The summed E-state index contributed by atoms with van der Waals surface area (Å²) in [5.74, 6) is 0.892. The molecule has 96 valence electrons. The monoisotopic (exact) mass is 309 g/mol. The van der Waals surface area contributed by atoms with E-state index in [1.807, 2.05) is 12.1 Å². The van der Waals surface area contributed by atoms with Crippen molar-refractivity contribution < 1.29 is 9.15 Å². The Kier molecular flexibility index (Phi) is 2.96. The first-order valence-corrected chi connectivity index (χ1v) is 6.90. The van der Waals surface area contributed by atoms with E-state index in [0.29, 0.717) is 0 Å². The summed E-state index contributed by atoms with van der Waals surface area (Å²) >= 11 is 3.47. The van der Waals surface area contributed by atoms with Crippen molar-refractivity contribution in [3.8, 4) is 0 Å². The summed E-state index contributed by atoms with van der Waals surface area (Å²) in [6, 6.07) is 8.08. The largest absolute Gasteiger partial charge is 0.458 e. The highest BCUT2D eigenvalue weighted by molar-refractivity contribution is 9.10. The Morgan fingerprint density at radius 3 is 2.94 bits per heavy atom. The number of nitrogens with one attached hydrogen (secondary N) is 1. The second kappa shape index (κ2) is 4.37. The molecular formula is C14H16BrNO2. The van der Waals surface area contributed by atoms with E-state index in [2.05, 4.69) is 47.2 Å². The molecule has 3 rings (SSSR count). The number of rotatable bonds is 1. The van der Waals surface area contributed by atoms with Crippen LogP contribution < -0.4 is 5.32 Å². The number of benzene rings is 1. The molecule has 1 saturated heterocycles. The van der Waals surface area contributed by atoms with Crippen molar-refractivity contribution in [3.63, 3.8) is 0 Å². The first kappa shape index (κ1) is 12.2. The Morgan fingerprint density at radius 2 is 2.17 bits per heavy atom. The fraction of sp³-hybridized carbons (Fsp3) is 0.429. The molecule has 3 nitrogen and oxygen atoms in total. The number of fused-ring (bicyclic) bond motifs is 1. The quantitative estimate of drug-likeness (QED) is 0.873. The van der Waals surface area contributed by atoms with Gasteiger partial charge in [0.25, 0.3) is 0 Å². The number of hydrogen-bond acceptors (Lipinski definition) is 3. The van der Waals surface area contributed by atoms with E-state index >= 15 is 0 Å². The lowest BCUT2D eigenvalue weighted by atomic mass is 10.1. The molecule has 1 aliphatic rings. The maximum atomic E-state index is 6.05. The fourth-order valence-corrected chi connectivity index (χ4v) is 2.70. The van der Waals surface area contributed by atoms with Crippen molar-refractivity contribution in [2.45, 2.75) is 25.6 Å². The average Bonchev–Trinajstić information content (AvgIpc) is 2.70. The van der Waals surface area contributed by atoms with Crippen LogP contribution in [0.3, 0.4) is 0 Å². The van der Waals surface area contributed by atoms with Crippen molar-refractivity contribution in [2.75, 3.05) is 13.1 Å². The molecule has 0 aliphatic carbocycles. The molecule has 0 spiro atoms. The highest BCUT2D eigenvalue weighted by Gasteiger charge is 2.31. The molecular weight excluding hydrogens is 294 g/mol. The van der Waals surface area contributed by atoms with Crippen LogP contribution >= 0.6 is 15.9 Å². The van der Waals surface area contributed by atoms with E-state index in [0.717, 1.165) is 34.3 Å². The molecule has 1 atom stereocenters. The number of halogens is 1. The van der Waals surface area contributed by atoms with Crippen molar-refractivity contribution >= 4 is 26.9 Å². The SMILES string of the molecule is CC1(C)CNCC(c2cc3cc(Br)ccc3o2)O1. The Labute approximate surface area is 115 Å². The number of hydrogen-bond donors (Lipinski definition) is 1. The zero-order valence-corrected chi connectivity index (χ0v) is 12.1. The molecule has 2 heterocycles. The molecule has 1 aromatic carbocycles. The minimum Gasteiger partial charge on any atom is -0.458 e. The van der Waals surface area contributed by atoms with Crippen LogP contribution in [-0.4, -0.2) is 18.7 Å². The molecule has 0 saturated carbocycles. The van der Waals surface area contributed by atoms with E-state index in [9.17, 15) is 0 Å². The second-order valence-electron chi connectivity index (χ2n) is 5.33. The number of morpholine rings is 1. The molecule has 1 fully saturated rings. The molecule has 0 amide bonds. The van der Waals surface area contributed by atoms with Crippen LogP contribution in [0.2, 0.25) is 0 Å². The maximum Gasteiger partial charge on any atom is 0.135 e. The average molecular weight is 310 g/mol. The fourth-order valence-electron chi connectivity index (χ4n) is 2.32. The minimum absolute atomic E-state index is 0.0140. The molecule has 18 heavy (non-hydrogen) atoms. The van der Waals surface area contributed by atoms with E-state index < -0.39 is 0 Å². The summed E-state index contributed by atoms with van der Waals surface area (Å²) in [6.45, 7) is 5.84. The molecule has 1 aromatic heterocycles. The lowest BCUT2D eigenvalue weighted by molar-refractivity contribution is -0.103. The second-order valence-corrected chi connectivity index (χ2v) is 6.24. The van der Waals surface area contributed by atoms with Gasteiger partial charge in [-0.2, -0.15) is 0 Å². The summed E-state index contributed by atoms with van der Waals surface area (Å²) in [6.07, 6.45) is -0.0140. The zero-order chi connectivity index (χ0) is 12.8. The normalized spacial score (nSPS) is 23.4. The minimum atomic E-state index is -0.150. The van der Waals surface area contributed by atoms with Crippen LogP contribution in [0.25, 0.3) is 11.0 Å². The molecule has 2 aromatic rings. The number of ether oxygens (including phenoxy) is 1. The van der Waals surface area contributed by atoms with Gasteiger partial charge in [-0.05, 0) is 38.1 Å². The predicted octanol–water partition coefficient (Wildman–Crippen LogP) is 3.63.